The minimum Gasteiger partial charge on any atom is -0.318 e. The van der Waals surface area contributed by atoms with Gasteiger partial charge in [0.25, 0.3) is 0 Å². The van der Waals surface area contributed by atoms with E-state index in [0.29, 0.717) is 6.04 Å². The molecule has 0 bridgehead atoms. The highest BCUT2D eigenvalue weighted by Crippen LogP contribution is 1.73. The van der Waals surface area contributed by atoms with Crippen molar-refractivity contribution in [3.63, 3.8) is 0 Å². The SMILES string of the molecule is CC.CCNC(C)CNC. The average molecular weight is 146 g/mol. The summed E-state index contributed by atoms with van der Waals surface area (Å²) < 4.78 is 0. The fourth-order valence-electron chi connectivity index (χ4n) is 0.727. The van der Waals surface area contributed by atoms with Crippen molar-refractivity contribution < 1.29 is 0 Å². The lowest BCUT2D eigenvalue weighted by Gasteiger charge is -2.09. The number of likely N-dealkylation sites (N-methyl/N-ethyl adjacent to an activating group) is 2. The first-order valence-electron chi connectivity index (χ1n) is 4.19. The van der Waals surface area contributed by atoms with E-state index >= 15 is 0 Å². The number of nitrogens with one attached hydrogen (secondary N) is 2. The molecule has 0 aromatic carbocycles. The van der Waals surface area contributed by atoms with E-state index in [0.717, 1.165) is 13.1 Å². The number of hydrogen-bond acceptors (Lipinski definition) is 2. The van der Waals surface area contributed by atoms with Crippen LogP contribution in [0, 0.1) is 0 Å². The van der Waals surface area contributed by atoms with Gasteiger partial charge in [0.1, 0.15) is 0 Å². The van der Waals surface area contributed by atoms with Gasteiger partial charge in [-0.3, -0.25) is 0 Å². The second-order valence-electron chi connectivity index (χ2n) is 2.02. The molecule has 0 heterocycles. The predicted molar refractivity (Wildman–Crippen MR) is 48.4 cm³/mol. The van der Waals surface area contributed by atoms with E-state index < -0.39 is 0 Å². The van der Waals surface area contributed by atoms with Crippen molar-refractivity contribution in [1.82, 2.24) is 10.6 Å². The van der Waals surface area contributed by atoms with E-state index in [2.05, 4.69) is 24.5 Å². The Morgan fingerprint density at radius 2 is 1.80 bits per heavy atom. The quantitative estimate of drug-likeness (QED) is 0.623. The summed E-state index contributed by atoms with van der Waals surface area (Å²) in [6, 6.07) is 0.602. The Balaban J connectivity index is 0. The first-order chi connectivity index (χ1) is 4.81. The molecule has 2 nitrogen and oxygen atoms in total. The molecular formula is C8H22N2. The van der Waals surface area contributed by atoms with Crippen LogP contribution in [-0.4, -0.2) is 26.2 Å². The van der Waals surface area contributed by atoms with Gasteiger partial charge in [-0.1, -0.05) is 20.8 Å². The lowest BCUT2D eigenvalue weighted by molar-refractivity contribution is 0.539. The van der Waals surface area contributed by atoms with Crippen LogP contribution in [0.2, 0.25) is 0 Å². The highest BCUT2D eigenvalue weighted by Gasteiger charge is 1.93. The molecule has 0 aromatic heterocycles. The summed E-state index contributed by atoms with van der Waals surface area (Å²) in [5, 5.41) is 6.37. The molecule has 0 radical (unpaired) electrons. The van der Waals surface area contributed by atoms with E-state index in [1.54, 1.807) is 0 Å². The van der Waals surface area contributed by atoms with E-state index in [1.165, 1.54) is 0 Å². The van der Waals surface area contributed by atoms with Gasteiger partial charge in [-0.25, -0.2) is 0 Å². The molecule has 1 atom stereocenters. The third-order valence-electron chi connectivity index (χ3n) is 1.06. The average Bonchev–Trinajstić information content (AvgIpc) is 1.93. The monoisotopic (exact) mass is 146 g/mol. The molecule has 1 unspecified atom stereocenters. The maximum Gasteiger partial charge on any atom is 0.0163 e. The van der Waals surface area contributed by atoms with Crippen LogP contribution in [0.15, 0.2) is 0 Å². The van der Waals surface area contributed by atoms with Crippen LogP contribution >= 0.6 is 0 Å². The predicted octanol–water partition coefficient (Wildman–Crippen LogP) is 1.23. The van der Waals surface area contributed by atoms with Gasteiger partial charge in [0, 0.05) is 12.6 Å². The summed E-state index contributed by atoms with van der Waals surface area (Å²) in [7, 11) is 1.97. The summed E-state index contributed by atoms with van der Waals surface area (Å²) in [4.78, 5) is 0. The second kappa shape index (κ2) is 11.7. The van der Waals surface area contributed by atoms with Crippen LogP contribution in [0.4, 0.5) is 0 Å². The summed E-state index contributed by atoms with van der Waals surface area (Å²) in [6.07, 6.45) is 0. The summed E-state index contributed by atoms with van der Waals surface area (Å²) in [6.45, 7) is 10.4. The topological polar surface area (TPSA) is 24.1 Å². The van der Waals surface area contributed by atoms with Gasteiger partial charge < -0.3 is 10.6 Å². The van der Waals surface area contributed by atoms with Crippen LogP contribution in [0.25, 0.3) is 0 Å². The van der Waals surface area contributed by atoms with Crippen molar-refractivity contribution in [3.8, 4) is 0 Å². The fraction of sp³-hybridized carbons (Fsp3) is 1.00. The molecule has 0 aliphatic rings. The summed E-state index contributed by atoms with van der Waals surface area (Å²) in [5.74, 6) is 0. The first-order valence-corrected chi connectivity index (χ1v) is 4.19. The molecule has 10 heavy (non-hydrogen) atoms. The van der Waals surface area contributed by atoms with E-state index in [9.17, 15) is 0 Å². The van der Waals surface area contributed by atoms with Gasteiger partial charge in [-0.2, -0.15) is 0 Å². The normalized spacial score (nSPS) is 11.7. The molecular weight excluding hydrogens is 124 g/mol. The molecule has 2 N–H and O–H groups in total. The van der Waals surface area contributed by atoms with Crippen molar-refractivity contribution in [3.05, 3.63) is 0 Å². The molecule has 64 valence electrons. The Hall–Kier alpha value is -0.0800. The lowest BCUT2D eigenvalue weighted by atomic mass is 10.3. The molecule has 0 aliphatic heterocycles. The highest BCUT2D eigenvalue weighted by molar-refractivity contribution is 4.59. The molecule has 0 saturated heterocycles. The zero-order valence-electron chi connectivity index (χ0n) is 7.99. The zero-order valence-corrected chi connectivity index (χ0v) is 7.99. The van der Waals surface area contributed by atoms with Gasteiger partial charge >= 0.3 is 0 Å². The standard InChI is InChI=1S/C6H16N2.C2H6/c1-4-8-6(2)5-7-3;1-2/h6-8H,4-5H2,1-3H3;1-2H3. The summed E-state index contributed by atoms with van der Waals surface area (Å²) in [5.41, 5.74) is 0. The van der Waals surface area contributed by atoms with Crippen molar-refractivity contribution in [2.75, 3.05) is 20.1 Å². The Kier molecular flexibility index (Phi) is 14.7. The smallest absolute Gasteiger partial charge is 0.0163 e. The maximum absolute atomic E-state index is 3.28. The molecule has 0 amide bonds. The number of rotatable bonds is 4. The molecule has 0 spiro atoms. The summed E-state index contributed by atoms with van der Waals surface area (Å²) >= 11 is 0. The molecule has 0 rings (SSSR count). The van der Waals surface area contributed by atoms with Crippen LogP contribution in [-0.2, 0) is 0 Å². The first kappa shape index (κ1) is 12.6. The molecule has 0 aromatic rings. The minimum absolute atomic E-state index is 0.602. The fourth-order valence-corrected chi connectivity index (χ4v) is 0.727. The van der Waals surface area contributed by atoms with Crippen molar-refractivity contribution in [2.24, 2.45) is 0 Å². The number of hydrogen-bond donors (Lipinski definition) is 2. The largest absolute Gasteiger partial charge is 0.318 e. The van der Waals surface area contributed by atoms with Gasteiger partial charge in [-0.05, 0) is 20.5 Å². The Labute approximate surface area is 65.4 Å². The molecule has 0 aliphatic carbocycles. The van der Waals surface area contributed by atoms with E-state index in [1.807, 2.05) is 20.9 Å². The highest BCUT2D eigenvalue weighted by atomic mass is 14.9. The van der Waals surface area contributed by atoms with Gasteiger partial charge in [0.2, 0.25) is 0 Å². The van der Waals surface area contributed by atoms with Crippen LogP contribution in [0.5, 0.6) is 0 Å². The third-order valence-corrected chi connectivity index (χ3v) is 1.06. The molecule has 0 fully saturated rings. The lowest BCUT2D eigenvalue weighted by Crippen LogP contribution is -2.34. The maximum atomic E-state index is 3.28. The van der Waals surface area contributed by atoms with Crippen LogP contribution < -0.4 is 10.6 Å². The van der Waals surface area contributed by atoms with Crippen LogP contribution in [0.3, 0.4) is 0 Å². The van der Waals surface area contributed by atoms with E-state index in [4.69, 9.17) is 0 Å². The molecule has 0 saturated carbocycles. The minimum atomic E-state index is 0.602. The Morgan fingerprint density at radius 3 is 2.10 bits per heavy atom. The molecule has 2 heteroatoms. The van der Waals surface area contributed by atoms with Crippen LogP contribution in [0.1, 0.15) is 27.7 Å². The van der Waals surface area contributed by atoms with Gasteiger partial charge in [0.15, 0.2) is 0 Å². The van der Waals surface area contributed by atoms with Gasteiger partial charge in [-0.15, -0.1) is 0 Å². The third kappa shape index (κ3) is 10.8. The Bertz CT molecular complexity index is 40.5. The Morgan fingerprint density at radius 1 is 1.30 bits per heavy atom. The zero-order chi connectivity index (χ0) is 8.41. The van der Waals surface area contributed by atoms with Crippen molar-refractivity contribution in [2.45, 2.75) is 33.7 Å². The second-order valence-corrected chi connectivity index (χ2v) is 2.02. The van der Waals surface area contributed by atoms with Gasteiger partial charge in [0.05, 0.1) is 0 Å². The van der Waals surface area contributed by atoms with Crippen molar-refractivity contribution >= 4 is 0 Å². The van der Waals surface area contributed by atoms with E-state index in [-0.39, 0.29) is 0 Å². The van der Waals surface area contributed by atoms with Crippen molar-refractivity contribution in [1.29, 1.82) is 0 Å².